The molecule has 0 bridgehead atoms. The molecule has 3 aliphatic rings. The summed E-state index contributed by atoms with van der Waals surface area (Å²) in [5.41, 5.74) is -0.104. The lowest BCUT2D eigenvalue weighted by Crippen LogP contribution is -2.43. The molecule has 3 fully saturated rings. The molecule has 0 aliphatic heterocycles. The molecule has 0 aromatic carbocycles. The monoisotopic (exact) mass is 452 g/mol. The first-order valence-corrected chi connectivity index (χ1v) is 14.0. The van der Waals surface area contributed by atoms with E-state index in [2.05, 4.69) is 6.92 Å². The Kier molecular flexibility index (Phi) is 7.69. The van der Waals surface area contributed by atoms with E-state index in [1.165, 1.54) is 0 Å². The first-order valence-electron chi connectivity index (χ1n) is 11.0. The maximum atomic E-state index is 13.2. The molecule has 0 spiro atoms. The first kappa shape index (κ1) is 23.5. The second kappa shape index (κ2) is 9.51. The zero-order valence-corrected chi connectivity index (χ0v) is 18.8. The van der Waals surface area contributed by atoms with Crippen LogP contribution in [0.5, 0.6) is 0 Å². The van der Waals surface area contributed by atoms with Gasteiger partial charge in [-0.15, -0.1) is 0 Å². The third-order valence-electron chi connectivity index (χ3n) is 8.19. The molecule has 0 saturated heterocycles. The molecule has 0 aromatic rings. The topological polar surface area (TPSA) is 71.4 Å². The largest absolute Gasteiger partial charge is 0.320 e. The number of halogens is 2. The van der Waals surface area contributed by atoms with Gasteiger partial charge < -0.3 is 0 Å². The van der Waals surface area contributed by atoms with Crippen molar-refractivity contribution >= 4 is 25.7 Å². The molecular weight excluding hydrogens is 418 g/mol. The molecular formula is C21H34F2O4S2. The summed E-state index contributed by atoms with van der Waals surface area (Å²) in [4.78, 5) is 12.8. The Hall–Kier alpha value is -0.210. The number of carbonyl (C=O) groups excluding carboxylic acids is 1. The van der Waals surface area contributed by atoms with Gasteiger partial charge in [-0.1, -0.05) is 32.6 Å². The highest BCUT2D eigenvalue weighted by Crippen LogP contribution is 2.61. The molecule has 0 radical (unpaired) electrons. The van der Waals surface area contributed by atoms with Gasteiger partial charge in [-0.05, 0) is 68.1 Å². The highest BCUT2D eigenvalue weighted by atomic mass is 33.1. The van der Waals surface area contributed by atoms with Crippen LogP contribution in [0.1, 0.15) is 77.6 Å². The van der Waals surface area contributed by atoms with Crippen molar-refractivity contribution in [3.63, 3.8) is 0 Å². The Morgan fingerprint density at radius 3 is 2.45 bits per heavy atom. The minimum absolute atomic E-state index is 0.0595. The molecule has 0 aromatic heterocycles. The molecule has 6 unspecified atom stereocenters. The van der Waals surface area contributed by atoms with Crippen LogP contribution in [0.15, 0.2) is 0 Å². The standard InChI is InChI=1S/C21H34F2O4S2/c1-21-12-11-14-6-4-7-15(20(22)23)5-2-3-8-16(14)17(21)9-10-18(21)19(24)13-28-29(25,26)27/h14-18,20H,2-13H2,1H3,(H,25,26,27). The third kappa shape index (κ3) is 5.53. The summed E-state index contributed by atoms with van der Waals surface area (Å²) in [6.45, 7) is 2.20. The maximum Gasteiger partial charge on any atom is 0.320 e. The van der Waals surface area contributed by atoms with Crippen molar-refractivity contribution in [2.45, 2.75) is 84.0 Å². The normalized spacial score (nSPS) is 39.0. The zero-order chi connectivity index (χ0) is 21.2. The van der Waals surface area contributed by atoms with E-state index in [-0.39, 0.29) is 22.9 Å². The van der Waals surface area contributed by atoms with E-state index in [4.69, 9.17) is 4.55 Å². The van der Waals surface area contributed by atoms with Crippen LogP contribution in [-0.2, 0) is 13.9 Å². The Morgan fingerprint density at radius 1 is 1.07 bits per heavy atom. The Labute approximate surface area is 177 Å². The Balaban J connectivity index is 1.68. The van der Waals surface area contributed by atoms with Gasteiger partial charge in [0.05, 0.1) is 5.75 Å². The van der Waals surface area contributed by atoms with E-state index in [0.29, 0.717) is 41.4 Å². The van der Waals surface area contributed by atoms with Crippen molar-refractivity contribution in [2.24, 2.45) is 35.0 Å². The van der Waals surface area contributed by atoms with Crippen molar-refractivity contribution in [2.75, 3.05) is 5.75 Å². The van der Waals surface area contributed by atoms with Gasteiger partial charge in [-0.25, -0.2) is 8.78 Å². The van der Waals surface area contributed by atoms with E-state index < -0.39 is 21.5 Å². The van der Waals surface area contributed by atoms with Crippen LogP contribution in [0, 0.1) is 35.0 Å². The third-order valence-corrected chi connectivity index (χ3v) is 10.1. The number of hydrogen-bond acceptors (Lipinski definition) is 4. The second-order valence-corrected chi connectivity index (χ2v) is 13.0. The van der Waals surface area contributed by atoms with Gasteiger partial charge in [0.15, 0.2) is 0 Å². The number of hydrogen-bond donors (Lipinski definition) is 1. The van der Waals surface area contributed by atoms with Gasteiger partial charge in [0, 0.05) is 22.6 Å². The smallest absolute Gasteiger partial charge is 0.298 e. The SMILES string of the molecule is CC12CCC3CCCC(C(F)F)CCCCC3C1CCC2C(=O)CSS(=O)(=O)O. The Bertz CT molecular complexity index is 684. The minimum atomic E-state index is -4.20. The van der Waals surface area contributed by atoms with Crippen molar-refractivity contribution in [3.8, 4) is 0 Å². The van der Waals surface area contributed by atoms with Crippen LogP contribution < -0.4 is 0 Å². The molecule has 168 valence electrons. The lowest BCUT2D eigenvalue weighted by atomic mass is 9.56. The zero-order valence-electron chi connectivity index (χ0n) is 17.2. The van der Waals surface area contributed by atoms with Crippen molar-refractivity contribution in [3.05, 3.63) is 0 Å². The maximum absolute atomic E-state index is 13.2. The molecule has 3 rings (SSSR count). The first-order chi connectivity index (χ1) is 13.6. The van der Waals surface area contributed by atoms with E-state index >= 15 is 0 Å². The van der Waals surface area contributed by atoms with Gasteiger partial charge in [-0.3, -0.25) is 9.35 Å². The van der Waals surface area contributed by atoms with Gasteiger partial charge >= 0.3 is 9.15 Å². The van der Waals surface area contributed by atoms with E-state index in [9.17, 15) is 22.0 Å². The predicted molar refractivity (Wildman–Crippen MR) is 111 cm³/mol. The second-order valence-electron chi connectivity index (χ2n) is 9.67. The van der Waals surface area contributed by atoms with E-state index in [0.717, 1.165) is 57.8 Å². The van der Waals surface area contributed by atoms with Crippen LogP contribution in [-0.4, -0.2) is 30.9 Å². The molecule has 0 heterocycles. The van der Waals surface area contributed by atoms with Gasteiger partial charge in [0.25, 0.3) is 0 Å². The van der Waals surface area contributed by atoms with E-state index in [1.54, 1.807) is 0 Å². The fourth-order valence-corrected chi connectivity index (χ4v) is 8.01. The summed E-state index contributed by atoms with van der Waals surface area (Å²) in [5, 5.41) is 0. The van der Waals surface area contributed by atoms with Crippen molar-refractivity contribution in [1.82, 2.24) is 0 Å². The number of ketones is 1. The summed E-state index contributed by atoms with van der Waals surface area (Å²) in [7, 11) is -3.88. The average molecular weight is 453 g/mol. The number of Topliss-reactive ketones (excluding diaryl/α,β-unsaturated/α-hetero) is 1. The molecule has 29 heavy (non-hydrogen) atoms. The van der Waals surface area contributed by atoms with Crippen molar-refractivity contribution < 1.29 is 26.5 Å². The van der Waals surface area contributed by atoms with Crippen LogP contribution in [0.4, 0.5) is 8.78 Å². The van der Waals surface area contributed by atoms with Crippen LogP contribution in [0.3, 0.4) is 0 Å². The quantitative estimate of drug-likeness (QED) is 0.423. The molecule has 3 saturated carbocycles. The number of fused-ring (bicyclic) bond motifs is 3. The highest BCUT2D eigenvalue weighted by molar-refractivity contribution is 8.70. The number of alkyl halides is 2. The minimum Gasteiger partial charge on any atom is -0.298 e. The number of rotatable bonds is 5. The Morgan fingerprint density at radius 2 is 1.76 bits per heavy atom. The molecule has 3 aliphatic carbocycles. The summed E-state index contributed by atoms with van der Waals surface area (Å²) in [5.74, 6) is 0.728. The van der Waals surface area contributed by atoms with Crippen LogP contribution >= 0.6 is 10.8 Å². The van der Waals surface area contributed by atoms with Gasteiger partial charge in [-0.2, -0.15) is 8.42 Å². The fourth-order valence-electron chi connectivity index (χ4n) is 6.75. The molecule has 6 atom stereocenters. The summed E-state index contributed by atoms with van der Waals surface area (Å²) in [6, 6.07) is 0. The van der Waals surface area contributed by atoms with Crippen molar-refractivity contribution in [1.29, 1.82) is 0 Å². The summed E-state index contributed by atoms with van der Waals surface area (Å²) >= 11 is 0. The van der Waals surface area contributed by atoms with Crippen LogP contribution in [0.2, 0.25) is 0 Å². The van der Waals surface area contributed by atoms with E-state index in [1.807, 2.05) is 0 Å². The lowest BCUT2D eigenvalue weighted by molar-refractivity contribution is -0.125. The molecule has 4 nitrogen and oxygen atoms in total. The molecule has 1 N–H and O–H groups in total. The lowest BCUT2D eigenvalue weighted by Gasteiger charge is -2.49. The predicted octanol–water partition coefficient (Wildman–Crippen LogP) is 5.78. The molecule has 0 amide bonds. The average Bonchev–Trinajstić information content (AvgIpc) is 2.99. The summed E-state index contributed by atoms with van der Waals surface area (Å²) < 4.78 is 57.4. The van der Waals surface area contributed by atoms with Gasteiger partial charge in [0.2, 0.25) is 6.43 Å². The fraction of sp³-hybridized carbons (Fsp3) is 0.952. The van der Waals surface area contributed by atoms with Gasteiger partial charge in [0.1, 0.15) is 5.78 Å². The molecule has 8 heteroatoms. The number of carbonyl (C=O) groups is 1. The van der Waals surface area contributed by atoms with Crippen LogP contribution in [0.25, 0.3) is 0 Å². The highest BCUT2D eigenvalue weighted by Gasteiger charge is 2.55. The summed E-state index contributed by atoms with van der Waals surface area (Å²) in [6.07, 6.45) is 7.57.